The lowest BCUT2D eigenvalue weighted by Crippen LogP contribution is -2.62. The van der Waals surface area contributed by atoms with Crippen LogP contribution in [0.15, 0.2) is 65.6 Å². The summed E-state index contributed by atoms with van der Waals surface area (Å²) in [5.74, 6) is -0.980. The minimum Gasteiger partial charge on any atom is -0.457 e. The third-order valence-electron chi connectivity index (χ3n) is 7.49. The van der Waals surface area contributed by atoms with Crippen LogP contribution in [0.25, 0.3) is 0 Å². The molecule has 3 saturated heterocycles. The number of ether oxygens (including phenoxy) is 7. The number of hydrogen-bond donors (Lipinski definition) is 0. The second-order valence-electron chi connectivity index (χ2n) is 11.2. The molecule has 0 radical (unpaired) electrons. The molecule has 3 heterocycles. The van der Waals surface area contributed by atoms with Gasteiger partial charge in [0.15, 0.2) is 24.3 Å². The van der Waals surface area contributed by atoms with Gasteiger partial charge in [-0.15, -0.1) is 23.5 Å². The first-order chi connectivity index (χ1) is 20.6. The van der Waals surface area contributed by atoms with Crippen LogP contribution < -0.4 is 0 Å². The first-order valence-electron chi connectivity index (χ1n) is 14.6. The molecule has 0 bridgehead atoms. The zero-order valence-corrected chi connectivity index (χ0v) is 26.9. The van der Waals surface area contributed by atoms with E-state index in [1.165, 1.54) is 18.7 Å². The fraction of sp³-hybridized carbons (Fsp3) is 0.562. The number of fused-ring (bicyclic) bond motifs is 1. The molecule has 9 nitrogen and oxygen atoms in total. The maximum absolute atomic E-state index is 13.2. The number of esters is 2. The van der Waals surface area contributed by atoms with E-state index in [2.05, 4.69) is 6.92 Å². The Bertz CT molecular complexity index is 1230. The van der Waals surface area contributed by atoms with Crippen LogP contribution in [0.3, 0.4) is 0 Å². The van der Waals surface area contributed by atoms with Crippen molar-refractivity contribution in [3.8, 4) is 0 Å². The molecule has 11 heteroatoms. The number of thioether (sulfide) groups is 2. The molecule has 0 N–H and O–H groups in total. The Morgan fingerprint density at radius 2 is 1.47 bits per heavy atom. The van der Waals surface area contributed by atoms with Crippen LogP contribution in [0, 0.1) is 0 Å². The molecular weight excluding hydrogens is 592 g/mol. The third-order valence-corrected chi connectivity index (χ3v) is 9.83. The van der Waals surface area contributed by atoms with Gasteiger partial charge < -0.3 is 33.2 Å². The molecule has 2 aromatic carbocycles. The largest absolute Gasteiger partial charge is 0.457 e. The highest BCUT2D eigenvalue weighted by molar-refractivity contribution is 8.00. The SMILES string of the molecule is CCS[C@@H]1O[C@@H](C)[C@H](O[C@H]2O[C@@H](C)[C@H](OC(=O)c3ccccc3)[C@@H](OC(C)=O)[C@@H]2Sc2ccccc2)[C@H]2OC(C)(C)O[C@H]21. The summed E-state index contributed by atoms with van der Waals surface area (Å²) in [5, 5.41) is -0.597. The predicted molar refractivity (Wildman–Crippen MR) is 163 cm³/mol. The molecule has 234 valence electrons. The number of rotatable bonds is 9. The fourth-order valence-electron chi connectivity index (χ4n) is 5.67. The van der Waals surface area contributed by atoms with E-state index in [4.69, 9.17) is 33.2 Å². The molecule has 5 rings (SSSR count). The van der Waals surface area contributed by atoms with Gasteiger partial charge in [0.05, 0.1) is 17.8 Å². The van der Waals surface area contributed by atoms with Gasteiger partial charge in [-0.25, -0.2) is 4.79 Å². The Balaban J connectivity index is 1.46. The van der Waals surface area contributed by atoms with Gasteiger partial charge in [-0.1, -0.05) is 43.3 Å². The van der Waals surface area contributed by atoms with Crippen LogP contribution in [0.1, 0.15) is 51.9 Å². The summed E-state index contributed by atoms with van der Waals surface area (Å²) >= 11 is 3.11. The Morgan fingerprint density at radius 3 is 2.12 bits per heavy atom. The number of carbonyl (C=O) groups excluding carboxylic acids is 2. The van der Waals surface area contributed by atoms with Crippen LogP contribution in [-0.2, 0) is 38.0 Å². The van der Waals surface area contributed by atoms with Crippen molar-refractivity contribution in [1.82, 2.24) is 0 Å². The average molecular weight is 633 g/mol. The minimum atomic E-state index is -0.888. The van der Waals surface area contributed by atoms with E-state index in [0.717, 1.165) is 10.6 Å². The lowest BCUT2D eigenvalue weighted by atomic mass is 9.99. The molecule has 0 unspecified atom stereocenters. The van der Waals surface area contributed by atoms with E-state index >= 15 is 0 Å². The van der Waals surface area contributed by atoms with E-state index in [1.54, 1.807) is 43.0 Å². The van der Waals surface area contributed by atoms with Gasteiger partial charge in [0.1, 0.15) is 29.0 Å². The van der Waals surface area contributed by atoms with Crippen LogP contribution in [0.5, 0.6) is 0 Å². The first-order valence-corrected chi connectivity index (χ1v) is 16.6. The number of benzene rings is 2. The predicted octanol–water partition coefficient (Wildman–Crippen LogP) is 5.45. The van der Waals surface area contributed by atoms with Gasteiger partial charge in [0.25, 0.3) is 0 Å². The maximum atomic E-state index is 13.2. The van der Waals surface area contributed by atoms with Crippen LogP contribution in [0.2, 0.25) is 0 Å². The molecule has 3 aliphatic rings. The van der Waals surface area contributed by atoms with Crippen LogP contribution in [0.4, 0.5) is 0 Å². The zero-order chi connectivity index (χ0) is 30.7. The van der Waals surface area contributed by atoms with Crippen molar-refractivity contribution >= 4 is 35.5 Å². The minimum absolute atomic E-state index is 0.206. The Kier molecular flexibility index (Phi) is 10.4. The van der Waals surface area contributed by atoms with Gasteiger partial charge in [-0.2, -0.15) is 0 Å². The highest BCUT2D eigenvalue weighted by Gasteiger charge is 2.57. The van der Waals surface area contributed by atoms with Gasteiger partial charge in [0.2, 0.25) is 0 Å². The molecule has 0 amide bonds. The lowest BCUT2D eigenvalue weighted by Gasteiger charge is -2.47. The normalized spacial score (nSPS) is 35.1. The molecule has 3 aliphatic heterocycles. The van der Waals surface area contributed by atoms with E-state index in [-0.39, 0.29) is 17.6 Å². The quantitative estimate of drug-likeness (QED) is 0.330. The zero-order valence-electron chi connectivity index (χ0n) is 25.2. The van der Waals surface area contributed by atoms with E-state index < -0.39 is 59.8 Å². The summed E-state index contributed by atoms with van der Waals surface area (Å²) in [6, 6.07) is 18.4. The third kappa shape index (κ3) is 7.58. The fourth-order valence-corrected chi connectivity index (χ4v) is 7.87. The molecule has 0 aliphatic carbocycles. The second kappa shape index (κ2) is 13.9. The smallest absolute Gasteiger partial charge is 0.338 e. The molecule has 0 spiro atoms. The number of hydrogen-bond acceptors (Lipinski definition) is 11. The van der Waals surface area contributed by atoms with E-state index in [9.17, 15) is 9.59 Å². The summed E-state index contributed by atoms with van der Waals surface area (Å²) < 4.78 is 44.2. The molecule has 2 aromatic rings. The molecule has 43 heavy (non-hydrogen) atoms. The Labute approximate surface area is 261 Å². The summed E-state index contributed by atoms with van der Waals surface area (Å²) in [6.07, 6.45) is -4.93. The van der Waals surface area contributed by atoms with Crippen LogP contribution >= 0.6 is 23.5 Å². The number of carbonyl (C=O) groups is 2. The lowest BCUT2D eigenvalue weighted by molar-refractivity contribution is -0.290. The molecule has 10 atom stereocenters. The summed E-state index contributed by atoms with van der Waals surface area (Å²) in [6.45, 7) is 10.9. The van der Waals surface area contributed by atoms with Crippen LogP contribution in [-0.4, -0.2) is 83.2 Å². The second-order valence-corrected chi connectivity index (χ2v) is 13.9. The molecule has 0 aromatic heterocycles. The standard InChI is InChI=1S/C32H40O9S2/c1-7-42-31-27-25(40-32(5,6)41-27)23(19(3)36-31)39-30-28(43-22-16-12-9-13-17-22)26(37-20(4)33)24(18(2)35-30)38-29(34)21-14-10-8-11-15-21/h8-19,23-28,30-31H,7H2,1-6H3/t18-,19-,23-,24-,25+,26+,27+,28-,30+,31-/m0/s1. The molecular formula is C32H40O9S2. The van der Waals surface area contributed by atoms with Crippen molar-refractivity contribution in [2.45, 2.75) is 112 Å². The van der Waals surface area contributed by atoms with Gasteiger partial charge in [-0.3, -0.25) is 4.79 Å². The van der Waals surface area contributed by atoms with E-state index in [0.29, 0.717) is 5.56 Å². The van der Waals surface area contributed by atoms with Crippen molar-refractivity contribution in [1.29, 1.82) is 0 Å². The summed E-state index contributed by atoms with van der Waals surface area (Å²) in [4.78, 5) is 26.5. The summed E-state index contributed by atoms with van der Waals surface area (Å²) in [7, 11) is 0. The first kappa shape index (κ1) is 32.3. The van der Waals surface area contributed by atoms with Crippen molar-refractivity contribution in [2.24, 2.45) is 0 Å². The summed E-state index contributed by atoms with van der Waals surface area (Å²) in [5.41, 5.74) is 0.185. The highest BCUT2D eigenvalue weighted by atomic mass is 32.2. The van der Waals surface area contributed by atoms with Gasteiger partial charge >= 0.3 is 11.9 Å². The Morgan fingerprint density at radius 1 is 0.837 bits per heavy atom. The molecule has 0 saturated carbocycles. The highest BCUT2D eigenvalue weighted by Crippen LogP contribution is 2.44. The topological polar surface area (TPSA) is 98.8 Å². The van der Waals surface area contributed by atoms with Crippen molar-refractivity contribution in [2.75, 3.05) is 5.75 Å². The van der Waals surface area contributed by atoms with Crippen molar-refractivity contribution in [3.63, 3.8) is 0 Å². The Hall–Kier alpha value is -2.12. The van der Waals surface area contributed by atoms with Gasteiger partial charge in [0, 0.05) is 11.8 Å². The van der Waals surface area contributed by atoms with E-state index in [1.807, 2.05) is 57.2 Å². The molecule has 3 fully saturated rings. The monoisotopic (exact) mass is 632 g/mol. The maximum Gasteiger partial charge on any atom is 0.338 e. The average Bonchev–Trinajstić information content (AvgIpc) is 3.30. The van der Waals surface area contributed by atoms with Crippen molar-refractivity contribution in [3.05, 3.63) is 66.2 Å². The van der Waals surface area contributed by atoms with Gasteiger partial charge in [-0.05, 0) is 57.7 Å². The van der Waals surface area contributed by atoms with Crippen molar-refractivity contribution < 1.29 is 42.7 Å².